The van der Waals surface area contributed by atoms with E-state index in [9.17, 15) is 4.79 Å². The molecule has 1 aromatic heterocycles. The van der Waals surface area contributed by atoms with E-state index >= 15 is 0 Å². The first-order valence-electron chi connectivity index (χ1n) is 8.79. The van der Waals surface area contributed by atoms with Crippen LogP contribution in [0.5, 0.6) is 5.75 Å². The van der Waals surface area contributed by atoms with Gasteiger partial charge in [0.15, 0.2) is 0 Å². The number of para-hydroxylation sites is 1. The number of nitrogens with two attached hydrogens (primary N) is 1. The lowest BCUT2D eigenvalue weighted by Crippen LogP contribution is -2.22. The lowest BCUT2D eigenvalue weighted by atomic mass is 9.87. The molecule has 2 aromatic carbocycles. The fraction of sp³-hybridized carbons (Fsp3) is 0.238. The minimum atomic E-state index is -0.484. The van der Waals surface area contributed by atoms with Gasteiger partial charge in [-0.15, -0.1) is 0 Å². The molecule has 1 aliphatic rings. The van der Waals surface area contributed by atoms with Crippen LogP contribution in [-0.4, -0.2) is 18.0 Å². The van der Waals surface area contributed by atoms with E-state index in [0.717, 1.165) is 41.5 Å². The van der Waals surface area contributed by atoms with Crippen LogP contribution in [0.1, 0.15) is 40.4 Å². The predicted octanol–water partition coefficient (Wildman–Crippen LogP) is 3.83. The lowest BCUT2D eigenvalue weighted by Gasteiger charge is -2.29. The SMILES string of the molecule is COc1cccc2c1C(Nc1nc3ccccc3cc1C(N)=O)CCC2. The van der Waals surface area contributed by atoms with Gasteiger partial charge in [-0.2, -0.15) is 0 Å². The van der Waals surface area contributed by atoms with Gasteiger partial charge in [-0.1, -0.05) is 30.3 Å². The molecule has 0 saturated carbocycles. The van der Waals surface area contributed by atoms with Crippen molar-refractivity contribution in [3.8, 4) is 5.75 Å². The molecule has 1 aliphatic carbocycles. The van der Waals surface area contributed by atoms with Gasteiger partial charge >= 0.3 is 0 Å². The van der Waals surface area contributed by atoms with Gasteiger partial charge in [0.1, 0.15) is 11.6 Å². The van der Waals surface area contributed by atoms with E-state index in [0.29, 0.717) is 11.4 Å². The number of hydrogen-bond donors (Lipinski definition) is 2. The third kappa shape index (κ3) is 2.86. The van der Waals surface area contributed by atoms with Crippen molar-refractivity contribution in [3.63, 3.8) is 0 Å². The number of fused-ring (bicyclic) bond motifs is 2. The molecule has 0 radical (unpaired) electrons. The quantitative estimate of drug-likeness (QED) is 0.752. The summed E-state index contributed by atoms with van der Waals surface area (Å²) in [5.41, 5.74) is 9.27. The number of carbonyl (C=O) groups excluding carboxylic acids is 1. The fourth-order valence-electron chi connectivity index (χ4n) is 3.75. The van der Waals surface area contributed by atoms with Crippen LogP contribution in [0, 0.1) is 0 Å². The van der Waals surface area contributed by atoms with Gasteiger partial charge in [0.2, 0.25) is 0 Å². The zero-order chi connectivity index (χ0) is 18.1. The largest absolute Gasteiger partial charge is 0.496 e. The molecule has 0 spiro atoms. The Morgan fingerprint density at radius 1 is 1.23 bits per heavy atom. The number of aryl methyl sites for hydroxylation is 1. The number of amides is 1. The maximum Gasteiger partial charge on any atom is 0.252 e. The van der Waals surface area contributed by atoms with Crippen molar-refractivity contribution in [3.05, 3.63) is 65.2 Å². The van der Waals surface area contributed by atoms with Gasteiger partial charge in [-0.05, 0) is 43.0 Å². The Bertz CT molecular complexity index is 970. The molecule has 3 N–H and O–H groups in total. The highest BCUT2D eigenvalue weighted by Gasteiger charge is 2.25. The molecule has 3 aromatic rings. The highest BCUT2D eigenvalue weighted by Crippen LogP contribution is 2.38. The monoisotopic (exact) mass is 347 g/mol. The summed E-state index contributed by atoms with van der Waals surface area (Å²) in [5.74, 6) is 0.905. The summed E-state index contributed by atoms with van der Waals surface area (Å²) in [6.07, 6.45) is 3.04. The average molecular weight is 347 g/mol. The Morgan fingerprint density at radius 3 is 2.88 bits per heavy atom. The second-order valence-corrected chi connectivity index (χ2v) is 6.56. The third-order valence-electron chi connectivity index (χ3n) is 4.96. The number of pyridine rings is 1. The minimum absolute atomic E-state index is 0.0293. The van der Waals surface area contributed by atoms with E-state index in [-0.39, 0.29) is 6.04 Å². The standard InChI is InChI=1S/C21H21N3O2/c1-26-18-11-5-8-13-7-4-10-17(19(13)18)24-21-15(20(22)25)12-14-6-2-3-9-16(14)23-21/h2-3,5-6,8-9,11-12,17H,4,7,10H2,1H3,(H2,22,25)(H,23,24). The molecule has 1 heterocycles. The number of methoxy groups -OCH3 is 1. The summed E-state index contributed by atoms with van der Waals surface area (Å²) in [4.78, 5) is 16.7. The molecule has 1 unspecified atom stereocenters. The predicted molar refractivity (Wildman–Crippen MR) is 103 cm³/mol. The zero-order valence-corrected chi connectivity index (χ0v) is 14.7. The highest BCUT2D eigenvalue weighted by molar-refractivity contribution is 6.01. The smallest absolute Gasteiger partial charge is 0.252 e. The summed E-state index contributed by atoms with van der Waals surface area (Å²) >= 11 is 0. The number of nitrogens with one attached hydrogen (secondary N) is 1. The molecule has 26 heavy (non-hydrogen) atoms. The molecular weight excluding hydrogens is 326 g/mol. The molecule has 5 heteroatoms. The maximum absolute atomic E-state index is 12.0. The van der Waals surface area contributed by atoms with Gasteiger partial charge in [-0.25, -0.2) is 4.98 Å². The van der Waals surface area contributed by atoms with Crippen LogP contribution in [0.3, 0.4) is 0 Å². The third-order valence-corrected chi connectivity index (χ3v) is 4.96. The first-order chi connectivity index (χ1) is 12.7. The molecule has 132 valence electrons. The van der Waals surface area contributed by atoms with Crippen LogP contribution in [0.15, 0.2) is 48.5 Å². The summed E-state index contributed by atoms with van der Waals surface area (Å²) in [7, 11) is 1.68. The van der Waals surface area contributed by atoms with E-state index in [1.807, 2.05) is 36.4 Å². The number of aromatic nitrogens is 1. The van der Waals surface area contributed by atoms with Crippen LogP contribution < -0.4 is 15.8 Å². The second kappa shape index (κ2) is 6.67. The van der Waals surface area contributed by atoms with Crippen molar-refractivity contribution in [2.24, 2.45) is 5.73 Å². The topological polar surface area (TPSA) is 77.2 Å². The Morgan fingerprint density at radius 2 is 2.08 bits per heavy atom. The van der Waals surface area contributed by atoms with Gasteiger partial charge in [-0.3, -0.25) is 4.79 Å². The molecule has 0 fully saturated rings. The van der Waals surface area contributed by atoms with Crippen LogP contribution >= 0.6 is 0 Å². The van der Waals surface area contributed by atoms with Gasteiger partial charge in [0.05, 0.1) is 24.2 Å². The summed E-state index contributed by atoms with van der Waals surface area (Å²) < 4.78 is 5.58. The normalized spacial score (nSPS) is 16.1. The lowest BCUT2D eigenvalue weighted by molar-refractivity contribution is 0.100. The number of anilines is 1. The molecule has 4 rings (SSSR count). The fourth-order valence-corrected chi connectivity index (χ4v) is 3.75. The molecular formula is C21H21N3O2. The highest BCUT2D eigenvalue weighted by atomic mass is 16.5. The summed E-state index contributed by atoms with van der Waals surface area (Å²) in [6, 6.07) is 15.7. The van der Waals surface area contributed by atoms with Gasteiger partial charge in [0, 0.05) is 10.9 Å². The molecule has 0 saturated heterocycles. The van der Waals surface area contributed by atoms with E-state index in [1.165, 1.54) is 5.56 Å². The van der Waals surface area contributed by atoms with Crippen LogP contribution in [-0.2, 0) is 6.42 Å². The number of primary amides is 1. The number of rotatable bonds is 4. The summed E-state index contributed by atoms with van der Waals surface area (Å²) in [6.45, 7) is 0. The number of hydrogen-bond acceptors (Lipinski definition) is 4. The van der Waals surface area contributed by atoms with E-state index in [4.69, 9.17) is 10.5 Å². The Hall–Kier alpha value is -3.08. The average Bonchev–Trinajstić information content (AvgIpc) is 2.67. The number of benzene rings is 2. The Balaban J connectivity index is 1.79. The molecule has 0 aliphatic heterocycles. The van der Waals surface area contributed by atoms with Crippen LogP contribution in [0.25, 0.3) is 10.9 Å². The van der Waals surface area contributed by atoms with Gasteiger partial charge in [0.25, 0.3) is 5.91 Å². The molecule has 0 bridgehead atoms. The first-order valence-corrected chi connectivity index (χ1v) is 8.79. The maximum atomic E-state index is 12.0. The Kier molecular flexibility index (Phi) is 4.21. The van der Waals surface area contributed by atoms with Crippen molar-refractivity contribution in [2.75, 3.05) is 12.4 Å². The van der Waals surface area contributed by atoms with Gasteiger partial charge < -0.3 is 15.8 Å². The van der Waals surface area contributed by atoms with Crippen molar-refractivity contribution in [2.45, 2.75) is 25.3 Å². The zero-order valence-electron chi connectivity index (χ0n) is 14.7. The number of nitrogens with zero attached hydrogens (tertiary/aromatic N) is 1. The minimum Gasteiger partial charge on any atom is -0.496 e. The Labute approximate surface area is 152 Å². The number of ether oxygens (including phenoxy) is 1. The van der Waals surface area contributed by atoms with E-state index < -0.39 is 5.91 Å². The molecule has 1 amide bonds. The van der Waals surface area contributed by atoms with Crippen molar-refractivity contribution in [1.82, 2.24) is 4.98 Å². The summed E-state index contributed by atoms with van der Waals surface area (Å²) in [5, 5.41) is 4.36. The van der Waals surface area contributed by atoms with Crippen LogP contribution in [0.4, 0.5) is 5.82 Å². The number of carbonyl (C=O) groups is 1. The molecule has 5 nitrogen and oxygen atoms in total. The van der Waals surface area contributed by atoms with E-state index in [1.54, 1.807) is 13.2 Å². The van der Waals surface area contributed by atoms with Crippen LogP contribution in [0.2, 0.25) is 0 Å². The first kappa shape index (κ1) is 16.4. The second-order valence-electron chi connectivity index (χ2n) is 6.56. The van der Waals surface area contributed by atoms with E-state index in [2.05, 4.69) is 16.4 Å². The van der Waals surface area contributed by atoms with Crippen molar-refractivity contribution >= 4 is 22.6 Å². The molecule has 1 atom stereocenters. The van der Waals surface area contributed by atoms with Crippen molar-refractivity contribution in [1.29, 1.82) is 0 Å². The van der Waals surface area contributed by atoms with Crippen molar-refractivity contribution < 1.29 is 9.53 Å².